The number of nitrogens with one attached hydrogen (secondary N) is 1. The van der Waals surface area contributed by atoms with Crippen LogP contribution in [0.25, 0.3) is 27.0 Å². The molecule has 0 amide bonds. The van der Waals surface area contributed by atoms with E-state index in [2.05, 4.69) is 67.5 Å². The molecule has 5 aromatic rings. The van der Waals surface area contributed by atoms with E-state index in [1.54, 1.807) is 11.3 Å². The summed E-state index contributed by atoms with van der Waals surface area (Å²) in [5, 5.41) is 6.67. The lowest BCUT2D eigenvalue weighted by Gasteiger charge is -2.24. The minimum Gasteiger partial charge on any atom is -0.338 e. The maximum absolute atomic E-state index is 4.86. The van der Waals surface area contributed by atoms with E-state index < -0.39 is 0 Å². The fourth-order valence-corrected chi connectivity index (χ4v) is 4.60. The van der Waals surface area contributed by atoms with Gasteiger partial charge in [-0.3, -0.25) is 4.40 Å². The van der Waals surface area contributed by atoms with Crippen molar-refractivity contribution in [2.24, 2.45) is 0 Å². The van der Waals surface area contributed by atoms with Crippen LogP contribution in [-0.4, -0.2) is 19.4 Å². The van der Waals surface area contributed by atoms with Crippen LogP contribution in [0.2, 0.25) is 0 Å². The van der Waals surface area contributed by atoms with Crippen molar-refractivity contribution in [3.63, 3.8) is 0 Å². The Morgan fingerprint density at radius 3 is 2.83 bits per heavy atom. The fraction of sp³-hybridized carbons (Fsp3) is 0.174. The summed E-state index contributed by atoms with van der Waals surface area (Å²) in [4.78, 5) is 15.3. The summed E-state index contributed by atoms with van der Waals surface area (Å²) in [6, 6.07) is 14.6. The molecule has 6 heteroatoms. The summed E-state index contributed by atoms with van der Waals surface area (Å²) in [5.41, 5.74) is 3.96. The first-order chi connectivity index (χ1) is 14.3. The number of aromatic nitrogens is 4. The van der Waals surface area contributed by atoms with Gasteiger partial charge < -0.3 is 5.32 Å². The summed E-state index contributed by atoms with van der Waals surface area (Å²) in [7, 11) is 0. The van der Waals surface area contributed by atoms with Crippen molar-refractivity contribution >= 4 is 39.3 Å². The van der Waals surface area contributed by atoms with Crippen molar-refractivity contribution in [2.45, 2.75) is 25.2 Å². The van der Waals surface area contributed by atoms with Crippen LogP contribution in [0.4, 0.5) is 11.5 Å². The monoisotopic (exact) mass is 397 g/mol. The first-order valence-corrected chi connectivity index (χ1v) is 10.8. The average molecular weight is 398 g/mol. The normalized spacial score (nSPS) is 14.3. The van der Waals surface area contributed by atoms with Crippen LogP contribution in [0.5, 0.6) is 0 Å². The van der Waals surface area contributed by atoms with E-state index in [1.807, 2.05) is 18.6 Å². The van der Waals surface area contributed by atoms with Gasteiger partial charge in [0.25, 0.3) is 0 Å². The Balaban J connectivity index is 1.37. The molecule has 1 aliphatic rings. The maximum Gasteiger partial charge on any atom is 0.156 e. The van der Waals surface area contributed by atoms with E-state index in [9.17, 15) is 0 Å². The molecule has 0 unspecified atom stereocenters. The molecule has 1 fully saturated rings. The summed E-state index contributed by atoms with van der Waals surface area (Å²) in [5.74, 6) is 2.55. The molecule has 6 rings (SSSR count). The highest BCUT2D eigenvalue weighted by Gasteiger charge is 2.24. The van der Waals surface area contributed by atoms with Crippen LogP contribution >= 0.6 is 11.3 Å². The van der Waals surface area contributed by atoms with Gasteiger partial charge in [-0.15, -0.1) is 11.3 Å². The van der Waals surface area contributed by atoms with Gasteiger partial charge in [-0.05, 0) is 42.5 Å². The number of nitrogens with zero attached hydrogens (tertiary/aromatic N) is 4. The molecule has 29 heavy (non-hydrogen) atoms. The molecule has 0 atom stereocenters. The van der Waals surface area contributed by atoms with Crippen molar-refractivity contribution in [2.75, 3.05) is 5.32 Å². The standard InChI is InChI=1S/C23H19N5S/c1-3-16(4-1)23-25-14-20-22(24-10-11-28(20)23)26-17-8-6-15-7-9-18(27-19(15)13-17)21-5-2-12-29-21/h2,5-14,16H,1,3-4H2,(H,24,26). The molecule has 1 N–H and O–H groups in total. The second-order valence-corrected chi connectivity index (χ2v) is 8.43. The number of imidazole rings is 1. The van der Waals surface area contributed by atoms with Crippen molar-refractivity contribution in [3.8, 4) is 10.6 Å². The predicted molar refractivity (Wildman–Crippen MR) is 118 cm³/mol. The lowest BCUT2D eigenvalue weighted by Crippen LogP contribution is -2.12. The average Bonchev–Trinajstić information content (AvgIpc) is 3.38. The third kappa shape index (κ3) is 2.87. The number of pyridine rings is 1. The lowest BCUT2D eigenvalue weighted by molar-refractivity contribution is 0.400. The van der Waals surface area contributed by atoms with Gasteiger partial charge in [0.1, 0.15) is 11.3 Å². The first-order valence-electron chi connectivity index (χ1n) is 9.89. The zero-order valence-corrected chi connectivity index (χ0v) is 16.6. The molecule has 1 saturated carbocycles. The molecule has 1 aromatic carbocycles. The Morgan fingerprint density at radius 1 is 1.07 bits per heavy atom. The Morgan fingerprint density at radius 2 is 2.00 bits per heavy atom. The molecule has 5 nitrogen and oxygen atoms in total. The van der Waals surface area contributed by atoms with Gasteiger partial charge in [0.05, 0.1) is 22.3 Å². The Labute approximate surface area is 172 Å². The van der Waals surface area contributed by atoms with Crippen LogP contribution < -0.4 is 5.32 Å². The number of thiophene rings is 1. The number of fused-ring (bicyclic) bond motifs is 2. The zero-order chi connectivity index (χ0) is 19.2. The molecule has 142 valence electrons. The number of rotatable bonds is 4. The van der Waals surface area contributed by atoms with E-state index in [0.717, 1.165) is 39.4 Å². The molecule has 0 aliphatic heterocycles. The van der Waals surface area contributed by atoms with Crippen LogP contribution in [0, 0.1) is 0 Å². The summed E-state index contributed by atoms with van der Waals surface area (Å²) < 4.78 is 2.17. The topological polar surface area (TPSA) is 55.1 Å². The van der Waals surface area contributed by atoms with E-state index >= 15 is 0 Å². The molecule has 4 heterocycles. The van der Waals surface area contributed by atoms with E-state index in [-0.39, 0.29) is 0 Å². The van der Waals surface area contributed by atoms with Crippen molar-refractivity contribution in [3.05, 3.63) is 72.3 Å². The van der Waals surface area contributed by atoms with Gasteiger partial charge in [-0.2, -0.15) is 0 Å². The maximum atomic E-state index is 4.86. The van der Waals surface area contributed by atoms with Crippen LogP contribution in [0.15, 0.2) is 66.4 Å². The summed E-state index contributed by atoms with van der Waals surface area (Å²) in [6.07, 6.45) is 9.54. The molecule has 0 saturated heterocycles. The highest BCUT2D eigenvalue weighted by Crippen LogP contribution is 2.36. The number of hydrogen-bond donors (Lipinski definition) is 1. The van der Waals surface area contributed by atoms with Gasteiger partial charge in [0.15, 0.2) is 5.82 Å². The van der Waals surface area contributed by atoms with Gasteiger partial charge in [-0.25, -0.2) is 15.0 Å². The Kier molecular flexibility index (Phi) is 3.84. The second-order valence-electron chi connectivity index (χ2n) is 7.48. The van der Waals surface area contributed by atoms with Gasteiger partial charge in [0.2, 0.25) is 0 Å². The zero-order valence-electron chi connectivity index (χ0n) is 15.7. The minimum atomic E-state index is 0.577. The molecule has 0 bridgehead atoms. The fourth-order valence-electron chi connectivity index (χ4n) is 3.91. The molecular formula is C23H19N5S. The minimum absolute atomic E-state index is 0.577. The summed E-state index contributed by atoms with van der Waals surface area (Å²) in [6.45, 7) is 0. The van der Waals surface area contributed by atoms with E-state index in [1.165, 1.54) is 24.1 Å². The highest BCUT2D eigenvalue weighted by atomic mass is 32.1. The predicted octanol–water partition coefficient (Wildman–Crippen LogP) is 6.02. The lowest BCUT2D eigenvalue weighted by atomic mass is 9.85. The third-order valence-corrected chi connectivity index (χ3v) is 6.58. The van der Waals surface area contributed by atoms with Crippen LogP contribution in [-0.2, 0) is 0 Å². The Hall–Kier alpha value is -3.25. The SMILES string of the molecule is c1csc(-c2ccc3ccc(Nc4nccn5c(C6CCC6)ncc45)cc3n2)c1. The van der Waals surface area contributed by atoms with Crippen LogP contribution in [0.1, 0.15) is 31.0 Å². The number of anilines is 2. The first kappa shape index (κ1) is 16.7. The van der Waals surface area contributed by atoms with Gasteiger partial charge in [-0.1, -0.05) is 24.6 Å². The van der Waals surface area contributed by atoms with Gasteiger partial charge in [0, 0.05) is 29.4 Å². The molecular weight excluding hydrogens is 378 g/mol. The molecule has 1 aliphatic carbocycles. The van der Waals surface area contributed by atoms with E-state index in [0.29, 0.717) is 5.92 Å². The smallest absolute Gasteiger partial charge is 0.156 e. The van der Waals surface area contributed by atoms with Gasteiger partial charge >= 0.3 is 0 Å². The number of benzene rings is 1. The number of hydrogen-bond acceptors (Lipinski definition) is 5. The van der Waals surface area contributed by atoms with Crippen molar-refractivity contribution in [1.82, 2.24) is 19.4 Å². The van der Waals surface area contributed by atoms with Crippen molar-refractivity contribution in [1.29, 1.82) is 0 Å². The highest BCUT2D eigenvalue weighted by molar-refractivity contribution is 7.13. The largest absolute Gasteiger partial charge is 0.338 e. The summed E-state index contributed by atoms with van der Waals surface area (Å²) >= 11 is 1.71. The Bertz CT molecular complexity index is 1320. The molecule has 0 radical (unpaired) electrons. The third-order valence-electron chi connectivity index (χ3n) is 5.69. The van der Waals surface area contributed by atoms with Crippen molar-refractivity contribution < 1.29 is 0 Å². The second kappa shape index (κ2) is 6.67. The van der Waals surface area contributed by atoms with E-state index in [4.69, 9.17) is 4.98 Å². The molecule has 4 aromatic heterocycles. The molecule has 0 spiro atoms. The quantitative estimate of drug-likeness (QED) is 0.403. The van der Waals surface area contributed by atoms with Crippen LogP contribution in [0.3, 0.4) is 0 Å².